The monoisotopic (exact) mass is 254 g/mol. The van der Waals surface area contributed by atoms with Crippen molar-refractivity contribution < 1.29 is 0 Å². The maximum atomic E-state index is 4.40. The largest absolute Gasteiger partial charge is 0.357 e. The van der Waals surface area contributed by atoms with Crippen molar-refractivity contribution in [1.29, 1.82) is 0 Å². The van der Waals surface area contributed by atoms with E-state index in [0.29, 0.717) is 0 Å². The van der Waals surface area contributed by atoms with Crippen LogP contribution < -0.4 is 4.90 Å². The molecule has 0 aliphatic carbocycles. The third-order valence-electron chi connectivity index (χ3n) is 2.16. The summed E-state index contributed by atoms with van der Waals surface area (Å²) >= 11 is 3.38. The van der Waals surface area contributed by atoms with Gasteiger partial charge in [0, 0.05) is 32.2 Å². The topological polar surface area (TPSA) is 33.4 Å². The van der Waals surface area contributed by atoms with E-state index in [4.69, 9.17) is 0 Å². The van der Waals surface area contributed by atoms with Gasteiger partial charge in [-0.1, -0.05) is 0 Å². The van der Waals surface area contributed by atoms with Gasteiger partial charge in [-0.2, -0.15) is 0 Å². The molecule has 0 saturated heterocycles. The highest BCUT2D eigenvalue weighted by atomic mass is 79.9. The minimum Gasteiger partial charge on any atom is -0.357 e. The van der Waals surface area contributed by atoms with E-state index < -0.39 is 0 Å². The molecule has 0 atom stereocenters. The van der Waals surface area contributed by atoms with Crippen LogP contribution in [0.3, 0.4) is 0 Å². The van der Waals surface area contributed by atoms with Crippen LogP contribution in [0.1, 0.15) is 6.92 Å². The average molecular weight is 255 g/mol. The molecule has 2 rings (SSSR count). The molecule has 4 nitrogen and oxygen atoms in total. The molecular formula is C9H11BrN4. The van der Waals surface area contributed by atoms with Gasteiger partial charge in [-0.3, -0.25) is 0 Å². The second-order valence-electron chi connectivity index (χ2n) is 3.06. The summed E-state index contributed by atoms with van der Waals surface area (Å²) in [6.07, 6.45) is 5.58. The fourth-order valence-corrected chi connectivity index (χ4v) is 1.68. The molecule has 5 heteroatoms. The molecule has 2 aromatic rings. The molecule has 14 heavy (non-hydrogen) atoms. The van der Waals surface area contributed by atoms with Crippen LogP contribution in [0.15, 0.2) is 23.2 Å². The second kappa shape index (κ2) is 3.57. The minimum absolute atomic E-state index is 0.818. The van der Waals surface area contributed by atoms with Crippen molar-refractivity contribution in [3.8, 4) is 0 Å². The quantitative estimate of drug-likeness (QED) is 0.822. The summed E-state index contributed by atoms with van der Waals surface area (Å²) in [7, 11) is 2.00. The van der Waals surface area contributed by atoms with Crippen molar-refractivity contribution in [3.05, 3.63) is 23.2 Å². The van der Waals surface area contributed by atoms with Crippen LogP contribution in [0.4, 0.5) is 5.82 Å². The van der Waals surface area contributed by atoms with E-state index in [1.54, 1.807) is 6.20 Å². The summed E-state index contributed by atoms with van der Waals surface area (Å²) in [6, 6.07) is 0. The van der Waals surface area contributed by atoms with Crippen molar-refractivity contribution in [3.63, 3.8) is 0 Å². The van der Waals surface area contributed by atoms with E-state index in [9.17, 15) is 0 Å². The molecule has 0 amide bonds. The summed E-state index contributed by atoms with van der Waals surface area (Å²) < 4.78 is 2.77. The van der Waals surface area contributed by atoms with Gasteiger partial charge in [0.25, 0.3) is 0 Å². The Bertz CT molecular complexity index is 451. The van der Waals surface area contributed by atoms with Gasteiger partial charge in [0.05, 0.1) is 0 Å². The zero-order chi connectivity index (χ0) is 10.1. The number of nitrogens with zero attached hydrogens (tertiary/aromatic N) is 4. The first kappa shape index (κ1) is 9.45. The molecular weight excluding hydrogens is 244 g/mol. The van der Waals surface area contributed by atoms with Gasteiger partial charge in [0.1, 0.15) is 4.60 Å². The van der Waals surface area contributed by atoms with Gasteiger partial charge in [0.2, 0.25) is 0 Å². The molecule has 0 spiro atoms. The van der Waals surface area contributed by atoms with Crippen molar-refractivity contribution >= 4 is 27.4 Å². The number of fused-ring (bicyclic) bond motifs is 1. The molecule has 0 saturated carbocycles. The molecule has 0 aromatic carbocycles. The number of hydrogen-bond acceptors (Lipinski definition) is 3. The van der Waals surface area contributed by atoms with Crippen LogP contribution >= 0.6 is 15.9 Å². The maximum absolute atomic E-state index is 4.40. The van der Waals surface area contributed by atoms with Gasteiger partial charge < -0.3 is 9.30 Å². The molecule has 0 N–H and O–H groups in total. The predicted molar refractivity (Wildman–Crippen MR) is 59.6 cm³/mol. The molecule has 0 bridgehead atoms. The third kappa shape index (κ3) is 1.48. The standard InChI is InChI=1S/C9H11BrN4/c1-3-13(2)9-8-11-4-5-14(8)6-7(10)12-9/h4-6H,3H2,1-2H3. The molecule has 0 fully saturated rings. The first-order valence-corrected chi connectivity index (χ1v) is 5.22. The first-order valence-electron chi connectivity index (χ1n) is 4.42. The van der Waals surface area contributed by atoms with Gasteiger partial charge in [-0.05, 0) is 22.9 Å². The van der Waals surface area contributed by atoms with E-state index >= 15 is 0 Å². The van der Waals surface area contributed by atoms with E-state index in [-0.39, 0.29) is 0 Å². The van der Waals surface area contributed by atoms with E-state index in [2.05, 4.69) is 37.7 Å². The second-order valence-corrected chi connectivity index (χ2v) is 3.87. The normalized spacial score (nSPS) is 10.8. The molecule has 2 heterocycles. The molecule has 0 aliphatic heterocycles. The Morgan fingerprint density at radius 3 is 3.07 bits per heavy atom. The lowest BCUT2D eigenvalue weighted by Gasteiger charge is -2.16. The highest BCUT2D eigenvalue weighted by Crippen LogP contribution is 2.19. The van der Waals surface area contributed by atoms with E-state index in [0.717, 1.165) is 22.6 Å². The van der Waals surface area contributed by atoms with Crippen molar-refractivity contribution in [2.75, 3.05) is 18.5 Å². The predicted octanol–water partition coefficient (Wildman–Crippen LogP) is 1.95. The van der Waals surface area contributed by atoms with Crippen molar-refractivity contribution in [1.82, 2.24) is 14.4 Å². The number of hydrogen-bond donors (Lipinski definition) is 0. The van der Waals surface area contributed by atoms with Crippen LogP contribution in [0.25, 0.3) is 5.65 Å². The minimum atomic E-state index is 0.818. The van der Waals surface area contributed by atoms with Crippen molar-refractivity contribution in [2.24, 2.45) is 0 Å². The summed E-state index contributed by atoms with van der Waals surface area (Å²) in [5, 5.41) is 0. The number of aromatic nitrogens is 3. The lowest BCUT2D eigenvalue weighted by molar-refractivity contribution is 0.923. The summed E-state index contributed by atoms with van der Waals surface area (Å²) in [5.74, 6) is 0.895. The molecule has 74 valence electrons. The Hall–Kier alpha value is -1.10. The van der Waals surface area contributed by atoms with E-state index in [1.165, 1.54) is 0 Å². The lowest BCUT2D eigenvalue weighted by atomic mass is 10.5. The fourth-order valence-electron chi connectivity index (χ4n) is 1.29. The van der Waals surface area contributed by atoms with Gasteiger partial charge >= 0.3 is 0 Å². The van der Waals surface area contributed by atoms with Gasteiger partial charge in [-0.25, -0.2) is 9.97 Å². The fraction of sp³-hybridized carbons (Fsp3) is 0.333. The highest BCUT2D eigenvalue weighted by Gasteiger charge is 2.08. The van der Waals surface area contributed by atoms with Gasteiger partial charge in [0.15, 0.2) is 11.5 Å². The SMILES string of the molecule is CCN(C)c1nc(Br)cn2ccnc12. The van der Waals surface area contributed by atoms with Crippen LogP contribution in [0.5, 0.6) is 0 Å². The highest BCUT2D eigenvalue weighted by molar-refractivity contribution is 9.10. The number of imidazole rings is 1. The van der Waals surface area contributed by atoms with Crippen LogP contribution in [-0.2, 0) is 0 Å². The summed E-state index contributed by atoms with van der Waals surface area (Å²) in [6.45, 7) is 2.99. The number of halogens is 1. The Labute approximate surface area is 90.7 Å². The zero-order valence-corrected chi connectivity index (χ0v) is 9.69. The number of rotatable bonds is 2. The molecule has 0 aliphatic rings. The summed E-state index contributed by atoms with van der Waals surface area (Å²) in [5.41, 5.74) is 0.887. The number of anilines is 1. The van der Waals surface area contributed by atoms with Crippen molar-refractivity contribution in [2.45, 2.75) is 6.92 Å². The first-order chi connectivity index (χ1) is 6.72. The molecule has 0 radical (unpaired) electrons. The molecule has 2 aromatic heterocycles. The maximum Gasteiger partial charge on any atom is 0.180 e. The summed E-state index contributed by atoms with van der Waals surface area (Å²) in [4.78, 5) is 10.7. The van der Waals surface area contributed by atoms with Crippen LogP contribution in [0.2, 0.25) is 0 Å². The van der Waals surface area contributed by atoms with Gasteiger partial charge in [-0.15, -0.1) is 0 Å². The van der Waals surface area contributed by atoms with Crippen LogP contribution in [-0.4, -0.2) is 28.0 Å². The Kier molecular flexibility index (Phi) is 2.41. The third-order valence-corrected chi connectivity index (χ3v) is 2.54. The molecule has 0 unspecified atom stereocenters. The average Bonchev–Trinajstić information content (AvgIpc) is 2.62. The Morgan fingerprint density at radius 2 is 2.36 bits per heavy atom. The smallest absolute Gasteiger partial charge is 0.180 e. The lowest BCUT2D eigenvalue weighted by Crippen LogP contribution is -2.18. The Morgan fingerprint density at radius 1 is 1.57 bits per heavy atom. The Balaban J connectivity index is 2.66. The zero-order valence-electron chi connectivity index (χ0n) is 8.11. The van der Waals surface area contributed by atoms with Crippen LogP contribution in [0, 0.1) is 0 Å². The van der Waals surface area contributed by atoms with E-state index in [1.807, 2.05) is 23.8 Å².